The highest BCUT2D eigenvalue weighted by atomic mass is 16.7. The van der Waals surface area contributed by atoms with Crippen molar-refractivity contribution in [3.8, 4) is 17.2 Å². The first-order chi connectivity index (χ1) is 9.86. The summed E-state index contributed by atoms with van der Waals surface area (Å²) in [5, 5.41) is 9.39. The topological polar surface area (TPSA) is 51.2 Å². The van der Waals surface area contributed by atoms with Crippen LogP contribution in [-0.4, -0.2) is 43.0 Å². The maximum absolute atomic E-state index is 9.39. The molecule has 2 aliphatic heterocycles. The first-order valence-electron chi connectivity index (χ1n) is 7.25. The number of nitrogens with zero attached hydrogens (tertiary/aromatic N) is 1. The van der Waals surface area contributed by atoms with Crippen molar-refractivity contribution in [2.45, 2.75) is 25.9 Å². The fourth-order valence-electron chi connectivity index (χ4n) is 2.70. The summed E-state index contributed by atoms with van der Waals surface area (Å²) >= 11 is 0. The van der Waals surface area contributed by atoms with Crippen LogP contribution in [0.5, 0.6) is 17.2 Å². The number of aliphatic hydroxyl groups is 1. The third kappa shape index (κ3) is 2.99. The van der Waals surface area contributed by atoms with Crippen molar-refractivity contribution in [3.63, 3.8) is 0 Å². The molecule has 1 fully saturated rings. The van der Waals surface area contributed by atoms with Crippen LogP contribution in [0.1, 0.15) is 24.8 Å². The van der Waals surface area contributed by atoms with E-state index >= 15 is 0 Å². The van der Waals surface area contributed by atoms with Crippen molar-refractivity contribution in [2.75, 3.05) is 33.0 Å². The van der Waals surface area contributed by atoms with Crippen LogP contribution in [-0.2, 0) is 6.61 Å². The van der Waals surface area contributed by atoms with E-state index in [0.717, 1.165) is 18.5 Å². The number of likely N-dealkylation sites (tertiary alicyclic amines) is 1. The van der Waals surface area contributed by atoms with Gasteiger partial charge in [-0.1, -0.05) is 0 Å². The summed E-state index contributed by atoms with van der Waals surface area (Å²) in [6, 6.07) is 3.60. The second-order valence-corrected chi connectivity index (χ2v) is 5.22. The number of hydrogen-bond acceptors (Lipinski definition) is 5. The van der Waals surface area contributed by atoms with Crippen molar-refractivity contribution < 1.29 is 19.3 Å². The van der Waals surface area contributed by atoms with Crippen LogP contribution in [0, 0.1) is 0 Å². The quantitative estimate of drug-likeness (QED) is 0.804. The molecule has 0 unspecified atom stereocenters. The van der Waals surface area contributed by atoms with E-state index < -0.39 is 0 Å². The van der Waals surface area contributed by atoms with Gasteiger partial charge in [0.1, 0.15) is 5.75 Å². The molecule has 0 saturated carbocycles. The lowest BCUT2D eigenvalue weighted by molar-refractivity contribution is 0.173. The van der Waals surface area contributed by atoms with Crippen LogP contribution in [0.3, 0.4) is 0 Å². The summed E-state index contributed by atoms with van der Waals surface area (Å²) < 4.78 is 16.4. The number of ether oxygens (including phenoxy) is 3. The Hall–Kier alpha value is -1.46. The van der Waals surface area contributed by atoms with Gasteiger partial charge >= 0.3 is 0 Å². The SMILES string of the molecule is OCc1cc2c(cc1OCCCN1CCCC1)OCO2. The van der Waals surface area contributed by atoms with Gasteiger partial charge in [0, 0.05) is 18.2 Å². The Labute approximate surface area is 119 Å². The van der Waals surface area contributed by atoms with E-state index in [1.165, 1.54) is 25.9 Å². The molecule has 1 aromatic rings. The standard InChI is InChI=1S/C15H21NO4/c17-10-12-8-14-15(20-11-19-14)9-13(12)18-7-3-6-16-4-1-2-5-16/h8-9,17H,1-7,10-11H2. The Morgan fingerprint density at radius 1 is 1.15 bits per heavy atom. The number of benzene rings is 1. The minimum absolute atomic E-state index is 0.0574. The fourth-order valence-corrected chi connectivity index (χ4v) is 2.70. The number of fused-ring (bicyclic) bond motifs is 1. The van der Waals surface area contributed by atoms with Crippen molar-refractivity contribution >= 4 is 0 Å². The van der Waals surface area contributed by atoms with Gasteiger partial charge in [-0.25, -0.2) is 0 Å². The first-order valence-corrected chi connectivity index (χ1v) is 7.25. The van der Waals surface area contributed by atoms with Crippen LogP contribution < -0.4 is 14.2 Å². The maximum Gasteiger partial charge on any atom is 0.231 e. The molecule has 2 heterocycles. The van der Waals surface area contributed by atoms with Gasteiger partial charge in [0.15, 0.2) is 11.5 Å². The molecule has 0 aromatic heterocycles. The van der Waals surface area contributed by atoms with E-state index in [9.17, 15) is 5.11 Å². The molecule has 110 valence electrons. The Bertz CT molecular complexity index is 457. The average Bonchev–Trinajstić information content (AvgIpc) is 3.13. The Morgan fingerprint density at radius 3 is 2.65 bits per heavy atom. The zero-order valence-corrected chi connectivity index (χ0v) is 11.6. The monoisotopic (exact) mass is 279 g/mol. The van der Waals surface area contributed by atoms with Crippen LogP contribution in [0.2, 0.25) is 0 Å². The van der Waals surface area contributed by atoms with Crippen molar-refractivity contribution in [3.05, 3.63) is 17.7 Å². The van der Waals surface area contributed by atoms with Crippen LogP contribution in [0.4, 0.5) is 0 Å². The average molecular weight is 279 g/mol. The van der Waals surface area contributed by atoms with Gasteiger partial charge in [0.2, 0.25) is 6.79 Å². The molecule has 3 rings (SSSR count). The normalized spacial score (nSPS) is 17.6. The number of rotatable bonds is 6. The summed E-state index contributed by atoms with van der Waals surface area (Å²) in [4.78, 5) is 2.47. The molecule has 0 aliphatic carbocycles. The number of aliphatic hydroxyl groups excluding tert-OH is 1. The second-order valence-electron chi connectivity index (χ2n) is 5.22. The maximum atomic E-state index is 9.39. The number of hydrogen-bond donors (Lipinski definition) is 1. The summed E-state index contributed by atoms with van der Waals surface area (Å²) in [7, 11) is 0. The molecule has 0 radical (unpaired) electrons. The van der Waals surface area contributed by atoms with Crippen molar-refractivity contribution in [1.29, 1.82) is 0 Å². The van der Waals surface area contributed by atoms with Gasteiger partial charge < -0.3 is 24.2 Å². The molecule has 5 heteroatoms. The zero-order valence-electron chi connectivity index (χ0n) is 11.6. The third-order valence-corrected chi connectivity index (χ3v) is 3.80. The van der Waals surface area contributed by atoms with E-state index in [4.69, 9.17) is 14.2 Å². The lowest BCUT2D eigenvalue weighted by atomic mass is 10.2. The Kier molecular flexibility index (Phi) is 4.28. The molecule has 1 N–H and O–H groups in total. The molecule has 5 nitrogen and oxygen atoms in total. The predicted molar refractivity (Wildman–Crippen MR) is 74.3 cm³/mol. The van der Waals surface area contributed by atoms with E-state index in [0.29, 0.717) is 23.9 Å². The summed E-state index contributed by atoms with van der Waals surface area (Å²) in [5.74, 6) is 2.06. The largest absolute Gasteiger partial charge is 0.493 e. The highest BCUT2D eigenvalue weighted by Crippen LogP contribution is 2.38. The summed E-state index contributed by atoms with van der Waals surface area (Å²) in [6.45, 7) is 4.34. The van der Waals surface area contributed by atoms with Crippen molar-refractivity contribution in [2.24, 2.45) is 0 Å². The molecule has 0 spiro atoms. The van der Waals surface area contributed by atoms with Gasteiger partial charge in [0.05, 0.1) is 13.2 Å². The van der Waals surface area contributed by atoms with E-state index in [2.05, 4.69) is 4.90 Å². The summed E-state index contributed by atoms with van der Waals surface area (Å²) in [5.41, 5.74) is 0.746. The predicted octanol–water partition coefficient (Wildman–Crippen LogP) is 1.77. The van der Waals surface area contributed by atoms with E-state index in [-0.39, 0.29) is 13.4 Å². The molecule has 0 bridgehead atoms. The Balaban J connectivity index is 1.53. The molecule has 20 heavy (non-hydrogen) atoms. The highest BCUT2D eigenvalue weighted by Gasteiger charge is 2.18. The molecular weight excluding hydrogens is 258 g/mol. The second kappa shape index (κ2) is 6.33. The zero-order chi connectivity index (χ0) is 13.8. The van der Waals surface area contributed by atoms with Crippen LogP contribution >= 0.6 is 0 Å². The minimum atomic E-state index is -0.0574. The van der Waals surface area contributed by atoms with Gasteiger partial charge in [-0.3, -0.25) is 0 Å². The van der Waals surface area contributed by atoms with Gasteiger partial charge in [0.25, 0.3) is 0 Å². The lowest BCUT2D eigenvalue weighted by Crippen LogP contribution is -2.22. The van der Waals surface area contributed by atoms with Crippen LogP contribution in [0.25, 0.3) is 0 Å². The van der Waals surface area contributed by atoms with E-state index in [1.54, 1.807) is 6.07 Å². The molecule has 2 aliphatic rings. The molecule has 0 amide bonds. The molecule has 1 aromatic carbocycles. The minimum Gasteiger partial charge on any atom is -0.493 e. The molecule has 0 atom stereocenters. The third-order valence-electron chi connectivity index (χ3n) is 3.80. The van der Waals surface area contributed by atoms with Crippen LogP contribution in [0.15, 0.2) is 12.1 Å². The Morgan fingerprint density at radius 2 is 1.90 bits per heavy atom. The fraction of sp³-hybridized carbons (Fsp3) is 0.600. The van der Waals surface area contributed by atoms with Gasteiger partial charge in [-0.15, -0.1) is 0 Å². The smallest absolute Gasteiger partial charge is 0.231 e. The van der Waals surface area contributed by atoms with E-state index in [1.807, 2.05) is 6.07 Å². The lowest BCUT2D eigenvalue weighted by Gasteiger charge is -2.15. The first kappa shape index (κ1) is 13.5. The van der Waals surface area contributed by atoms with Crippen molar-refractivity contribution in [1.82, 2.24) is 4.90 Å². The molecular formula is C15H21NO4. The van der Waals surface area contributed by atoms with Gasteiger partial charge in [-0.2, -0.15) is 0 Å². The molecule has 1 saturated heterocycles. The highest BCUT2D eigenvalue weighted by molar-refractivity contribution is 5.51. The van der Waals surface area contributed by atoms with Gasteiger partial charge in [-0.05, 0) is 38.4 Å². The summed E-state index contributed by atoms with van der Waals surface area (Å²) in [6.07, 6.45) is 3.63.